The molecule has 2 aliphatic heterocycles. The van der Waals surface area contributed by atoms with Gasteiger partial charge in [-0.05, 0) is 27.2 Å². The summed E-state index contributed by atoms with van der Waals surface area (Å²) < 4.78 is 42.4. The summed E-state index contributed by atoms with van der Waals surface area (Å²) in [4.78, 5) is 25.4. The Hall–Kier alpha value is -1.47. The molecule has 2 rings (SSSR count). The molecule has 2 fully saturated rings. The van der Waals surface area contributed by atoms with E-state index in [1.807, 2.05) is 0 Å². The molecule has 2 amide bonds. The van der Waals surface area contributed by atoms with Crippen LogP contribution in [-0.2, 0) is 9.53 Å². The lowest BCUT2D eigenvalue weighted by Crippen LogP contribution is -2.54. The minimum absolute atomic E-state index is 0.0811. The van der Waals surface area contributed by atoms with Crippen molar-refractivity contribution in [3.05, 3.63) is 0 Å². The highest BCUT2D eigenvalue weighted by Crippen LogP contribution is 2.34. The molecule has 0 N–H and O–H groups in total. The van der Waals surface area contributed by atoms with Crippen LogP contribution in [0.15, 0.2) is 0 Å². The molecule has 114 valence electrons. The molecule has 0 aromatic carbocycles. The number of amides is 2. The van der Waals surface area contributed by atoms with E-state index in [4.69, 9.17) is 4.74 Å². The number of hydrogen-bond acceptors (Lipinski definition) is 3. The second kappa shape index (κ2) is 4.53. The van der Waals surface area contributed by atoms with Crippen LogP contribution in [0.1, 0.15) is 27.2 Å². The predicted octanol–water partition coefficient (Wildman–Crippen LogP) is 1.77. The lowest BCUT2D eigenvalue weighted by Gasteiger charge is -2.35. The number of carbonyl (C=O) groups is 2. The Morgan fingerprint density at radius 3 is 1.95 bits per heavy atom. The van der Waals surface area contributed by atoms with Crippen LogP contribution in [0.5, 0.6) is 0 Å². The van der Waals surface area contributed by atoms with Gasteiger partial charge in [0.25, 0.3) is 0 Å². The molecule has 2 aliphatic rings. The third-order valence-corrected chi connectivity index (χ3v) is 3.37. The average Bonchev–Trinajstić information content (AvgIpc) is 2.82. The van der Waals surface area contributed by atoms with Crippen molar-refractivity contribution in [3.63, 3.8) is 0 Å². The van der Waals surface area contributed by atoms with Gasteiger partial charge in [0.15, 0.2) is 0 Å². The first kappa shape index (κ1) is 14.9. The van der Waals surface area contributed by atoms with Gasteiger partial charge in [-0.15, -0.1) is 0 Å². The van der Waals surface area contributed by atoms with Crippen LogP contribution in [-0.4, -0.2) is 58.8 Å². The van der Waals surface area contributed by atoms with E-state index in [-0.39, 0.29) is 19.1 Å². The molecule has 2 bridgehead atoms. The smallest absolute Gasteiger partial charge is 0.444 e. The van der Waals surface area contributed by atoms with Crippen LogP contribution in [0.25, 0.3) is 0 Å². The average molecular weight is 294 g/mol. The highest BCUT2D eigenvalue weighted by Gasteiger charge is 2.53. The maximum Gasteiger partial charge on any atom is 0.471 e. The molecular weight excluding hydrogens is 277 g/mol. The second-order valence-electron chi connectivity index (χ2n) is 6.13. The number of nitrogens with zero attached hydrogens (tertiary/aromatic N) is 2. The summed E-state index contributed by atoms with van der Waals surface area (Å²) in [7, 11) is 0. The number of hydrogen-bond donors (Lipinski definition) is 0. The Bertz CT molecular complexity index is 431. The van der Waals surface area contributed by atoms with Crippen LogP contribution >= 0.6 is 0 Å². The van der Waals surface area contributed by atoms with Crippen molar-refractivity contribution in [3.8, 4) is 0 Å². The maximum atomic E-state index is 12.4. The SMILES string of the molecule is CC(C)(C)OC(=O)N1C[C@@H]2C[C@H]1CN2C(=O)C(F)(F)F. The summed E-state index contributed by atoms with van der Waals surface area (Å²) in [6.45, 7) is 5.18. The summed E-state index contributed by atoms with van der Waals surface area (Å²) in [5.41, 5.74) is -0.652. The molecule has 2 saturated heterocycles. The summed E-state index contributed by atoms with van der Waals surface area (Å²) in [5, 5.41) is 0. The van der Waals surface area contributed by atoms with E-state index in [0.717, 1.165) is 4.90 Å². The molecule has 0 saturated carbocycles. The van der Waals surface area contributed by atoms with Crippen LogP contribution in [0.3, 0.4) is 0 Å². The molecule has 5 nitrogen and oxygen atoms in total. The fourth-order valence-corrected chi connectivity index (χ4v) is 2.62. The predicted molar refractivity (Wildman–Crippen MR) is 62.9 cm³/mol. The van der Waals surface area contributed by atoms with Gasteiger partial charge >= 0.3 is 18.2 Å². The molecule has 0 spiro atoms. The zero-order valence-corrected chi connectivity index (χ0v) is 11.5. The number of piperazine rings is 1. The van der Waals surface area contributed by atoms with Crippen molar-refractivity contribution in [2.75, 3.05) is 13.1 Å². The first-order chi connectivity index (χ1) is 8.99. The van der Waals surface area contributed by atoms with E-state index in [9.17, 15) is 22.8 Å². The highest BCUT2D eigenvalue weighted by molar-refractivity contribution is 5.83. The van der Waals surface area contributed by atoms with Gasteiger partial charge in [0.05, 0.1) is 12.1 Å². The van der Waals surface area contributed by atoms with E-state index in [2.05, 4.69) is 0 Å². The van der Waals surface area contributed by atoms with Crippen molar-refractivity contribution in [1.82, 2.24) is 9.80 Å². The number of fused-ring (bicyclic) bond motifs is 2. The van der Waals surface area contributed by atoms with Crippen molar-refractivity contribution >= 4 is 12.0 Å². The van der Waals surface area contributed by atoms with Crippen LogP contribution in [0.4, 0.5) is 18.0 Å². The number of ether oxygens (including phenoxy) is 1. The van der Waals surface area contributed by atoms with Crippen molar-refractivity contribution in [2.24, 2.45) is 0 Å². The fourth-order valence-electron chi connectivity index (χ4n) is 2.62. The Morgan fingerprint density at radius 2 is 1.55 bits per heavy atom. The highest BCUT2D eigenvalue weighted by atomic mass is 19.4. The van der Waals surface area contributed by atoms with E-state index in [0.29, 0.717) is 6.42 Å². The van der Waals surface area contributed by atoms with E-state index in [1.165, 1.54) is 4.90 Å². The Morgan fingerprint density at radius 1 is 1.05 bits per heavy atom. The topological polar surface area (TPSA) is 49.9 Å². The number of alkyl halides is 3. The standard InChI is InChI=1S/C12H17F3N2O3/c1-11(2,3)20-10(19)17-6-7-4-8(17)5-16(7)9(18)12(13,14)15/h7-8H,4-6H2,1-3H3/t7-,8-/m0/s1. The summed E-state index contributed by atoms with van der Waals surface area (Å²) in [6, 6.07) is -0.956. The number of likely N-dealkylation sites (tertiary alicyclic amines) is 2. The lowest BCUT2D eigenvalue weighted by atomic mass is 10.2. The first-order valence-corrected chi connectivity index (χ1v) is 6.36. The van der Waals surface area contributed by atoms with Gasteiger partial charge in [-0.25, -0.2) is 4.79 Å². The molecule has 2 heterocycles. The first-order valence-electron chi connectivity index (χ1n) is 6.36. The van der Waals surface area contributed by atoms with Gasteiger partial charge < -0.3 is 14.5 Å². The van der Waals surface area contributed by atoms with Crippen molar-refractivity contribution in [1.29, 1.82) is 0 Å². The number of rotatable bonds is 0. The molecule has 0 aromatic heterocycles. The van der Waals surface area contributed by atoms with Gasteiger partial charge in [0.2, 0.25) is 0 Å². The molecule has 8 heteroatoms. The molecule has 20 heavy (non-hydrogen) atoms. The Labute approximate surface area is 114 Å². The quantitative estimate of drug-likeness (QED) is 0.684. The summed E-state index contributed by atoms with van der Waals surface area (Å²) >= 11 is 0. The molecular formula is C12H17F3N2O3. The molecule has 0 aliphatic carbocycles. The fraction of sp³-hybridized carbons (Fsp3) is 0.833. The molecule has 0 radical (unpaired) electrons. The third-order valence-electron chi connectivity index (χ3n) is 3.37. The third kappa shape index (κ3) is 2.83. The van der Waals surface area contributed by atoms with Gasteiger partial charge in [-0.2, -0.15) is 13.2 Å². The maximum absolute atomic E-state index is 12.4. The molecule has 2 atom stereocenters. The second-order valence-corrected chi connectivity index (χ2v) is 6.13. The van der Waals surface area contributed by atoms with E-state index < -0.39 is 29.8 Å². The minimum Gasteiger partial charge on any atom is -0.444 e. The Balaban J connectivity index is 1.99. The Kier molecular flexibility index (Phi) is 3.38. The van der Waals surface area contributed by atoms with Gasteiger partial charge in [-0.3, -0.25) is 4.79 Å². The number of carbonyl (C=O) groups excluding carboxylic acids is 2. The largest absolute Gasteiger partial charge is 0.471 e. The van der Waals surface area contributed by atoms with Crippen molar-refractivity contribution in [2.45, 2.75) is 51.1 Å². The minimum atomic E-state index is -4.86. The number of halogens is 3. The zero-order chi connectivity index (χ0) is 15.3. The summed E-state index contributed by atoms with van der Waals surface area (Å²) in [6.07, 6.45) is -5.02. The molecule has 0 aromatic rings. The van der Waals surface area contributed by atoms with Gasteiger partial charge in [0, 0.05) is 13.1 Å². The van der Waals surface area contributed by atoms with Gasteiger partial charge in [-0.1, -0.05) is 0 Å². The summed E-state index contributed by atoms with van der Waals surface area (Å²) in [5.74, 6) is -1.83. The van der Waals surface area contributed by atoms with E-state index in [1.54, 1.807) is 20.8 Å². The van der Waals surface area contributed by atoms with Crippen LogP contribution < -0.4 is 0 Å². The monoisotopic (exact) mass is 294 g/mol. The van der Waals surface area contributed by atoms with Crippen LogP contribution in [0.2, 0.25) is 0 Å². The van der Waals surface area contributed by atoms with Gasteiger partial charge in [0.1, 0.15) is 5.60 Å². The molecule has 0 unspecified atom stereocenters. The normalized spacial score (nSPS) is 26.1. The van der Waals surface area contributed by atoms with Crippen LogP contribution in [0, 0.1) is 0 Å². The zero-order valence-electron chi connectivity index (χ0n) is 11.5. The van der Waals surface area contributed by atoms with Crippen molar-refractivity contribution < 1.29 is 27.5 Å². The lowest BCUT2D eigenvalue weighted by molar-refractivity contribution is -0.187. The van der Waals surface area contributed by atoms with E-state index >= 15 is 0 Å².